The zero-order valence-corrected chi connectivity index (χ0v) is 18.3. The maximum absolute atomic E-state index is 13.0. The van der Waals surface area contributed by atoms with Crippen LogP contribution in [0.25, 0.3) is 11.8 Å². The predicted molar refractivity (Wildman–Crippen MR) is 128 cm³/mol. The molecule has 1 aliphatic rings. The summed E-state index contributed by atoms with van der Waals surface area (Å²) >= 11 is 0. The number of nitrogens with one attached hydrogen (secondary N) is 1. The van der Waals surface area contributed by atoms with Gasteiger partial charge < -0.3 is 5.32 Å². The monoisotopic (exact) mass is 414 g/mol. The number of hydrogen-bond donors (Lipinski definition) is 1. The van der Waals surface area contributed by atoms with Crippen LogP contribution in [0.5, 0.6) is 0 Å². The second-order valence-electron chi connectivity index (χ2n) is 8.39. The standard InChI is InChI=1S/C26H30N4O/c1-20-7-6-10-24(18-20)30-16-13-27-25(26(30)31)28-23-11-14-29(15-12-23)19-21(2)17-22-8-4-3-5-9-22/h3-10,13,16-18,23H,11-12,14-15,19H2,1-2H3,(H,27,28)/b21-17+. The van der Waals surface area contributed by atoms with Crippen molar-refractivity contribution >= 4 is 11.9 Å². The van der Waals surface area contributed by atoms with E-state index in [1.54, 1.807) is 17.0 Å². The number of likely N-dealkylation sites (tertiary alicyclic amines) is 1. The number of aryl methyl sites for hydroxylation is 1. The van der Waals surface area contributed by atoms with Gasteiger partial charge in [0.05, 0.1) is 0 Å². The summed E-state index contributed by atoms with van der Waals surface area (Å²) in [4.78, 5) is 19.8. The van der Waals surface area contributed by atoms with Gasteiger partial charge in [-0.25, -0.2) is 4.98 Å². The van der Waals surface area contributed by atoms with Crippen LogP contribution in [0, 0.1) is 6.92 Å². The van der Waals surface area contributed by atoms with Crippen molar-refractivity contribution in [1.82, 2.24) is 14.5 Å². The highest BCUT2D eigenvalue weighted by atomic mass is 16.1. The summed E-state index contributed by atoms with van der Waals surface area (Å²) in [5.74, 6) is 0.433. The molecular formula is C26H30N4O. The lowest BCUT2D eigenvalue weighted by atomic mass is 10.0. The summed E-state index contributed by atoms with van der Waals surface area (Å²) in [5, 5.41) is 3.40. The number of aromatic nitrogens is 2. The van der Waals surface area contributed by atoms with Crippen molar-refractivity contribution in [3.8, 4) is 5.69 Å². The SMILES string of the molecule is C/C(=C\c1ccccc1)CN1CCC(Nc2nccn(-c3cccc(C)c3)c2=O)CC1. The highest BCUT2D eigenvalue weighted by Gasteiger charge is 2.20. The Morgan fingerprint density at radius 3 is 2.65 bits per heavy atom. The highest BCUT2D eigenvalue weighted by molar-refractivity contribution is 5.52. The minimum Gasteiger partial charge on any atom is -0.363 e. The van der Waals surface area contributed by atoms with E-state index >= 15 is 0 Å². The summed E-state index contributed by atoms with van der Waals surface area (Å²) in [6, 6.07) is 18.7. The number of anilines is 1. The number of nitrogens with zero attached hydrogens (tertiary/aromatic N) is 3. The van der Waals surface area contributed by atoms with E-state index in [4.69, 9.17) is 0 Å². The normalized spacial score (nSPS) is 15.7. The van der Waals surface area contributed by atoms with Crippen LogP contribution in [0.1, 0.15) is 30.9 Å². The Bertz CT molecular complexity index is 1100. The molecule has 1 N–H and O–H groups in total. The summed E-state index contributed by atoms with van der Waals surface area (Å²) in [6.07, 6.45) is 7.68. The molecule has 0 saturated carbocycles. The summed E-state index contributed by atoms with van der Waals surface area (Å²) in [5.41, 5.74) is 4.50. The minimum atomic E-state index is -0.0998. The first-order valence-electron chi connectivity index (χ1n) is 10.9. The first kappa shape index (κ1) is 21.1. The van der Waals surface area contributed by atoms with Gasteiger partial charge in [-0.15, -0.1) is 0 Å². The van der Waals surface area contributed by atoms with E-state index in [2.05, 4.69) is 52.5 Å². The number of benzene rings is 2. The summed E-state index contributed by atoms with van der Waals surface area (Å²) in [6.45, 7) is 7.22. The molecule has 2 heterocycles. The first-order valence-corrected chi connectivity index (χ1v) is 10.9. The topological polar surface area (TPSA) is 50.2 Å². The van der Waals surface area contributed by atoms with E-state index in [0.29, 0.717) is 5.82 Å². The molecule has 0 spiro atoms. The molecule has 3 aromatic rings. The minimum absolute atomic E-state index is 0.0998. The van der Waals surface area contributed by atoms with Gasteiger partial charge >= 0.3 is 0 Å². The van der Waals surface area contributed by atoms with E-state index in [9.17, 15) is 4.79 Å². The molecule has 1 aliphatic heterocycles. The van der Waals surface area contributed by atoms with Crippen LogP contribution in [0.15, 0.2) is 77.4 Å². The van der Waals surface area contributed by atoms with Crippen LogP contribution in [-0.4, -0.2) is 40.1 Å². The molecule has 1 saturated heterocycles. The van der Waals surface area contributed by atoms with Crippen molar-refractivity contribution in [3.05, 3.63) is 94.0 Å². The fourth-order valence-electron chi connectivity index (χ4n) is 4.15. The summed E-state index contributed by atoms with van der Waals surface area (Å²) < 4.78 is 1.66. The Morgan fingerprint density at radius 2 is 1.90 bits per heavy atom. The van der Waals surface area contributed by atoms with Crippen molar-refractivity contribution in [2.24, 2.45) is 0 Å². The van der Waals surface area contributed by atoms with Gasteiger partial charge in [-0.2, -0.15) is 0 Å². The highest BCUT2D eigenvalue weighted by Crippen LogP contribution is 2.16. The average Bonchev–Trinajstić information content (AvgIpc) is 2.77. The molecule has 4 rings (SSSR count). The van der Waals surface area contributed by atoms with Gasteiger partial charge in [0, 0.05) is 43.8 Å². The fourth-order valence-corrected chi connectivity index (χ4v) is 4.15. The van der Waals surface area contributed by atoms with Crippen LogP contribution in [0.2, 0.25) is 0 Å². The van der Waals surface area contributed by atoms with Crippen LogP contribution < -0.4 is 10.9 Å². The fraction of sp³-hybridized carbons (Fsp3) is 0.308. The predicted octanol–water partition coefficient (Wildman–Crippen LogP) is 4.52. The lowest BCUT2D eigenvalue weighted by Gasteiger charge is -2.32. The van der Waals surface area contributed by atoms with E-state index < -0.39 is 0 Å². The quantitative estimate of drug-likeness (QED) is 0.644. The van der Waals surface area contributed by atoms with Gasteiger partial charge in [0.15, 0.2) is 5.82 Å². The molecule has 0 amide bonds. The molecule has 2 aromatic carbocycles. The molecule has 0 unspecified atom stereocenters. The van der Waals surface area contributed by atoms with E-state index in [1.807, 2.05) is 37.3 Å². The Morgan fingerprint density at radius 1 is 1.13 bits per heavy atom. The second kappa shape index (κ2) is 9.75. The number of piperidine rings is 1. The second-order valence-corrected chi connectivity index (χ2v) is 8.39. The third-order valence-corrected chi connectivity index (χ3v) is 5.73. The van der Waals surface area contributed by atoms with E-state index in [0.717, 1.165) is 43.7 Å². The molecule has 5 heteroatoms. The summed E-state index contributed by atoms with van der Waals surface area (Å²) in [7, 11) is 0. The zero-order valence-electron chi connectivity index (χ0n) is 18.3. The van der Waals surface area contributed by atoms with Crippen LogP contribution in [-0.2, 0) is 0 Å². The first-order chi connectivity index (χ1) is 15.1. The molecular weight excluding hydrogens is 384 g/mol. The van der Waals surface area contributed by atoms with Crippen molar-refractivity contribution in [1.29, 1.82) is 0 Å². The zero-order chi connectivity index (χ0) is 21.6. The molecule has 160 valence electrons. The van der Waals surface area contributed by atoms with Crippen LogP contribution >= 0.6 is 0 Å². The van der Waals surface area contributed by atoms with Gasteiger partial charge in [0.2, 0.25) is 0 Å². The maximum atomic E-state index is 13.0. The molecule has 1 fully saturated rings. The molecule has 1 aromatic heterocycles. The number of hydrogen-bond acceptors (Lipinski definition) is 4. The Kier molecular flexibility index (Phi) is 6.63. The number of rotatable bonds is 6. The van der Waals surface area contributed by atoms with Gasteiger partial charge in [-0.05, 0) is 49.9 Å². The van der Waals surface area contributed by atoms with Crippen LogP contribution in [0.3, 0.4) is 0 Å². The largest absolute Gasteiger partial charge is 0.363 e. The van der Waals surface area contributed by atoms with Crippen molar-refractivity contribution in [2.45, 2.75) is 32.7 Å². The van der Waals surface area contributed by atoms with Crippen molar-refractivity contribution in [3.63, 3.8) is 0 Å². The molecule has 5 nitrogen and oxygen atoms in total. The molecule has 0 aliphatic carbocycles. The van der Waals surface area contributed by atoms with Crippen molar-refractivity contribution < 1.29 is 0 Å². The lowest BCUT2D eigenvalue weighted by Crippen LogP contribution is -2.41. The van der Waals surface area contributed by atoms with Gasteiger partial charge in [0.25, 0.3) is 5.56 Å². The third kappa shape index (κ3) is 5.50. The van der Waals surface area contributed by atoms with E-state index in [1.165, 1.54) is 11.1 Å². The van der Waals surface area contributed by atoms with Crippen molar-refractivity contribution in [2.75, 3.05) is 25.0 Å². The Balaban J connectivity index is 1.36. The smallest absolute Gasteiger partial charge is 0.297 e. The van der Waals surface area contributed by atoms with Gasteiger partial charge in [-0.1, -0.05) is 54.1 Å². The Hall–Kier alpha value is -3.18. The molecule has 0 radical (unpaired) electrons. The van der Waals surface area contributed by atoms with Gasteiger partial charge in [0.1, 0.15) is 0 Å². The van der Waals surface area contributed by atoms with Gasteiger partial charge in [-0.3, -0.25) is 14.3 Å². The molecule has 31 heavy (non-hydrogen) atoms. The van der Waals surface area contributed by atoms with Crippen LogP contribution in [0.4, 0.5) is 5.82 Å². The Labute approximate surface area is 184 Å². The maximum Gasteiger partial charge on any atom is 0.297 e. The lowest BCUT2D eigenvalue weighted by molar-refractivity contribution is 0.236. The van der Waals surface area contributed by atoms with E-state index in [-0.39, 0.29) is 11.6 Å². The third-order valence-electron chi connectivity index (χ3n) is 5.73. The average molecular weight is 415 g/mol. The molecule has 0 atom stereocenters. The molecule has 0 bridgehead atoms.